The van der Waals surface area contributed by atoms with Crippen LogP contribution in [0.5, 0.6) is 0 Å². The summed E-state index contributed by atoms with van der Waals surface area (Å²) in [5.74, 6) is 1.78. The first kappa shape index (κ1) is 28.6. The minimum atomic E-state index is -0.0610. The summed E-state index contributed by atoms with van der Waals surface area (Å²) in [6, 6.07) is 48.3. The summed E-state index contributed by atoms with van der Waals surface area (Å²) in [6.45, 7) is 0. The minimum Gasteiger partial charge on any atom is -0.455 e. The molecular formula is C45H30N4O. The van der Waals surface area contributed by atoms with Gasteiger partial charge in [0.2, 0.25) is 0 Å². The van der Waals surface area contributed by atoms with Gasteiger partial charge in [-0.05, 0) is 76.6 Å². The highest BCUT2D eigenvalue weighted by Crippen LogP contribution is 2.57. The normalized spacial score (nSPS) is 14.2. The van der Waals surface area contributed by atoms with Crippen LogP contribution in [0.25, 0.3) is 78.4 Å². The topological polar surface area (TPSA) is 75.6 Å². The van der Waals surface area contributed by atoms with Crippen molar-refractivity contribution in [1.29, 1.82) is 5.26 Å². The van der Waals surface area contributed by atoms with E-state index in [1.54, 1.807) is 0 Å². The lowest BCUT2D eigenvalue weighted by molar-refractivity contribution is 0.550. The van der Waals surface area contributed by atoms with Gasteiger partial charge in [-0.15, -0.1) is 0 Å². The Balaban J connectivity index is 1.17. The highest BCUT2D eigenvalue weighted by atomic mass is 16.3. The predicted octanol–water partition coefficient (Wildman–Crippen LogP) is 11.2. The molecule has 0 amide bonds. The lowest BCUT2D eigenvalue weighted by atomic mass is 9.76. The number of hydrogen-bond acceptors (Lipinski definition) is 5. The van der Waals surface area contributed by atoms with Gasteiger partial charge in [0.05, 0.1) is 17.2 Å². The van der Waals surface area contributed by atoms with Crippen LogP contribution < -0.4 is 0 Å². The molecule has 1 saturated carbocycles. The lowest BCUT2D eigenvalue weighted by Gasteiger charge is -2.27. The van der Waals surface area contributed by atoms with Gasteiger partial charge in [0, 0.05) is 27.3 Å². The Morgan fingerprint density at radius 1 is 0.520 bits per heavy atom. The zero-order valence-electron chi connectivity index (χ0n) is 27.2. The van der Waals surface area contributed by atoms with Crippen molar-refractivity contribution in [2.45, 2.75) is 31.1 Å². The number of furan rings is 1. The number of rotatable bonds is 4. The number of benzene rings is 6. The number of fused-ring (bicyclic) bond motifs is 8. The Morgan fingerprint density at radius 2 is 1.16 bits per heavy atom. The third-order valence-corrected chi connectivity index (χ3v) is 10.7. The van der Waals surface area contributed by atoms with Gasteiger partial charge in [0.25, 0.3) is 0 Å². The van der Waals surface area contributed by atoms with Crippen LogP contribution in [0.2, 0.25) is 0 Å². The van der Waals surface area contributed by atoms with Crippen molar-refractivity contribution >= 4 is 21.9 Å². The molecule has 5 nitrogen and oxygen atoms in total. The van der Waals surface area contributed by atoms with Gasteiger partial charge >= 0.3 is 0 Å². The molecule has 10 rings (SSSR count). The Kier molecular flexibility index (Phi) is 6.34. The lowest BCUT2D eigenvalue weighted by Crippen LogP contribution is -2.20. The summed E-state index contributed by atoms with van der Waals surface area (Å²) >= 11 is 0. The molecule has 2 aliphatic rings. The van der Waals surface area contributed by atoms with Crippen molar-refractivity contribution in [3.63, 3.8) is 0 Å². The largest absolute Gasteiger partial charge is 0.455 e. The average molecular weight is 643 g/mol. The molecule has 2 aliphatic carbocycles. The first-order valence-corrected chi connectivity index (χ1v) is 17.2. The van der Waals surface area contributed by atoms with E-state index in [9.17, 15) is 5.26 Å². The van der Waals surface area contributed by atoms with Gasteiger partial charge in [-0.1, -0.05) is 116 Å². The summed E-state index contributed by atoms with van der Waals surface area (Å²) in [5, 5.41) is 11.8. The Hall–Kier alpha value is -6.38. The average Bonchev–Trinajstić information content (AvgIpc) is 3.90. The van der Waals surface area contributed by atoms with Gasteiger partial charge in [0.1, 0.15) is 11.2 Å². The van der Waals surface area contributed by atoms with E-state index in [0.29, 0.717) is 17.5 Å². The molecule has 0 radical (unpaired) electrons. The molecule has 1 fully saturated rings. The van der Waals surface area contributed by atoms with E-state index in [1.807, 2.05) is 66.7 Å². The molecule has 0 unspecified atom stereocenters. The van der Waals surface area contributed by atoms with Crippen molar-refractivity contribution in [2.24, 2.45) is 0 Å². The predicted molar refractivity (Wildman–Crippen MR) is 198 cm³/mol. The van der Waals surface area contributed by atoms with E-state index in [2.05, 4.69) is 72.8 Å². The Bertz CT molecular complexity index is 2680. The zero-order valence-corrected chi connectivity index (χ0v) is 27.2. The fraction of sp³-hybridized carbons (Fsp3) is 0.111. The Labute approximate surface area is 289 Å². The second kappa shape index (κ2) is 11.1. The maximum Gasteiger partial charge on any atom is 0.167 e. The van der Waals surface area contributed by atoms with Crippen molar-refractivity contribution in [3.8, 4) is 62.5 Å². The number of para-hydroxylation sites is 2. The highest BCUT2D eigenvalue weighted by Gasteiger charge is 2.45. The molecule has 0 N–H and O–H groups in total. The molecule has 236 valence electrons. The summed E-state index contributed by atoms with van der Waals surface area (Å²) in [5.41, 5.74) is 12.3. The fourth-order valence-electron chi connectivity index (χ4n) is 8.44. The fourth-order valence-corrected chi connectivity index (χ4v) is 8.44. The van der Waals surface area contributed by atoms with Crippen LogP contribution in [0, 0.1) is 11.3 Å². The van der Waals surface area contributed by atoms with Crippen molar-refractivity contribution in [2.75, 3.05) is 0 Å². The standard InChI is InChI=1S/C45H30N4O/c46-27-28-19-21-32-33-22-20-30(26-39(33)45(38(32)25-28)23-8-9-24-45)31-13-4-5-15-36(31)43-47-42(29-11-2-1-3-12-29)48-44(49-43)37-17-10-16-35-34-14-6-7-18-40(34)50-41(35)37/h1-7,10-22,25-26H,8-9,23-24H2. The smallest absolute Gasteiger partial charge is 0.167 e. The van der Waals surface area contributed by atoms with Crippen molar-refractivity contribution < 1.29 is 4.42 Å². The van der Waals surface area contributed by atoms with Crippen LogP contribution >= 0.6 is 0 Å². The van der Waals surface area contributed by atoms with Gasteiger partial charge in [0.15, 0.2) is 17.5 Å². The molecule has 5 heteroatoms. The summed E-state index contributed by atoms with van der Waals surface area (Å²) in [7, 11) is 0. The van der Waals surface area contributed by atoms with Crippen molar-refractivity contribution in [1.82, 2.24) is 15.0 Å². The van der Waals surface area contributed by atoms with Crippen LogP contribution in [0.15, 0.2) is 138 Å². The molecule has 0 atom stereocenters. The molecular weight excluding hydrogens is 613 g/mol. The van der Waals surface area contributed by atoms with E-state index in [1.165, 1.54) is 35.1 Å². The molecule has 1 spiro atoms. The molecule has 0 bridgehead atoms. The van der Waals surface area contributed by atoms with Crippen LogP contribution in [0.3, 0.4) is 0 Å². The second-order valence-corrected chi connectivity index (χ2v) is 13.4. The number of hydrogen-bond donors (Lipinski definition) is 0. The van der Waals surface area contributed by atoms with Gasteiger partial charge in [-0.3, -0.25) is 0 Å². The first-order valence-electron chi connectivity index (χ1n) is 17.2. The summed E-state index contributed by atoms with van der Waals surface area (Å²) < 4.78 is 6.43. The minimum absolute atomic E-state index is 0.0610. The SMILES string of the molecule is N#Cc1ccc2c(c1)C1(CCCC1)c1cc(-c3ccccc3-c3nc(-c4ccccc4)nc(-c4cccc5c4oc4ccccc45)n3)ccc1-2. The van der Waals surface area contributed by atoms with Crippen molar-refractivity contribution in [3.05, 3.63) is 150 Å². The number of nitrogens with zero attached hydrogens (tertiary/aromatic N) is 4. The van der Waals surface area contributed by atoms with E-state index >= 15 is 0 Å². The first-order chi connectivity index (χ1) is 24.7. The molecule has 50 heavy (non-hydrogen) atoms. The van der Waals surface area contributed by atoms with Crippen LogP contribution in [-0.4, -0.2) is 15.0 Å². The van der Waals surface area contributed by atoms with Crippen LogP contribution in [0.1, 0.15) is 42.4 Å². The molecule has 6 aromatic carbocycles. The summed E-state index contributed by atoms with van der Waals surface area (Å²) in [4.78, 5) is 15.4. The van der Waals surface area contributed by atoms with E-state index in [-0.39, 0.29) is 5.41 Å². The number of nitriles is 1. The maximum atomic E-state index is 9.75. The third kappa shape index (κ3) is 4.28. The molecule has 8 aromatic rings. The maximum absolute atomic E-state index is 9.75. The van der Waals surface area contributed by atoms with E-state index < -0.39 is 0 Å². The van der Waals surface area contributed by atoms with Gasteiger partial charge in [-0.2, -0.15) is 5.26 Å². The van der Waals surface area contributed by atoms with Crippen LogP contribution in [0.4, 0.5) is 0 Å². The summed E-state index contributed by atoms with van der Waals surface area (Å²) in [6.07, 6.45) is 4.56. The molecule has 2 heterocycles. The Morgan fingerprint density at radius 3 is 1.98 bits per heavy atom. The quantitative estimate of drug-likeness (QED) is 0.191. The monoisotopic (exact) mass is 642 g/mol. The second-order valence-electron chi connectivity index (χ2n) is 13.4. The van der Waals surface area contributed by atoms with E-state index in [4.69, 9.17) is 19.4 Å². The zero-order chi connectivity index (χ0) is 33.2. The molecule has 0 aliphatic heterocycles. The highest BCUT2D eigenvalue weighted by molar-refractivity contribution is 6.09. The van der Waals surface area contributed by atoms with E-state index in [0.717, 1.165) is 68.2 Å². The third-order valence-electron chi connectivity index (χ3n) is 10.7. The van der Waals surface area contributed by atoms with Gasteiger partial charge < -0.3 is 4.42 Å². The number of aromatic nitrogens is 3. The van der Waals surface area contributed by atoms with Crippen LogP contribution in [-0.2, 0) is 5.41 Å². The van der Waals surface area contributed by atoms with Gasteiger partial charge in [-0.25, -0.2) is 15.0 Å². The molecule has 2 aromatic heterocycles. The molecule has 0 saturated heterocycles.